The zero-order chi connectivity index (χ0) is 16.4. The summed E-state index contributed by atoms with van der Waals surface area (Å²) >= 11 is 0. The van der Waals surface area contributed by atoms with E-state index in [0.29, 0.717) is 19.5 Å². The summed E-state index contributed by atoms with van der Waals surface area (Å²) in [6.45, 7) is 5.15. The first-order chi connectivity index (χ1) is 10.6. The molecule has 0 heterocycles. The molecule has 1 aromatic rings. The van der Waals surface area contributed by atoms with E-state index < -0.39 is 5.97 Å². The van der Waals surface area contributed by atoms with Gasteiger partial charge in [-0.1, -0.05) is 19.4 Å². The normalized spacial score (nSPS) is 10.1. The summed E-state index contributed by atoms with van der Waals surface area (Å²) < 4.78 is 0. The van der Waals surface area contributed by atoms with E-state index >= 15 is 0 Å². The fourth-order valence-corrected chi connectivity index (χ4v) is 2.08. The molecule has 0 aliphatic rings. The smallest absolute Gasteiger partial charge is 0.343 e. The molecule has 2 N–H and O–H groups in total. The van der Waals surface area contributed by atoms with Crippen LogP contribution in [0.4, 0.5) is 11.4 Å². The van der Waals surface area contributed by atoms with Gasteiger partial charge in [-0.25, -0.2) is 4.79 Å². The molecule has 122 valence electrons. The SMILES string of the molecule is CCCCC(=O)Nc1cccc(N(CC)CCC(=O)OO)c1. The van der Waals surface area contributed by atoms with Crippen molar-refractivity contribution in [1.82, 2.24) is 0 Å². The first-order valence-electron chi connectivity index (χ1n) is 7.59. The van der Waals surface area contributed by atoms with Crippen molar-refractivity contribution in [3.05, 3.63) is 24.3 Å². The third kappa shape index (κ3) is 6.13. The Labute approximate surface area is 131 Å². The van der Waals surface area contributed by atoms with Crippen LogP contribution in [0.5, 0.6) is 0 Å². The minimum absolute atomic E-state index is 0.00547. The number of benzene rings is 1. The molecule has 0 aliphatic carbocycles. The third-order valence-corrected chi connectivity index (χ3v) is 3.32. The molecule has 6 heteroatoms. The average Bonchev–Trinajstić information content (AvgIpc) is 2.53. The molecule has 0 radical (unpaired) electrons. The Balaban J connectivity index is 2.67. The minimum Gasteiger partial charge on any atom is -0.371 e. The summed E-state index contributed by atoms with van der Waals surface area (Å²) in [5, 5.41) is 11.2. The van der Waals surface area contributed by atoms with Gasteiger partial charge in [0, 0.05) is 30.9 Å². The van der Waals surface area contributed by atoms with Crippen LogP contribution in [0.1, 0.15) is 39.5 Å². The monoisotopic (exact) mass is 308 g/mol. The van der Waals surface area contributed by atoms with E-state index in [1.165, 1.54) is 0 Å². The first-order valence-corrected chi connectivity index (χ1v) is 7.59. The van der Waals surface area contributed by atoms with E-state index in [4.69, 9.17) is 5.26 Å². The maximum absolute atomic E-state index is 11.8. The number of carbonyl (C=O) groups is 2. The van der Waals surface area contributed by atoms with Gasteiger partial charge in [0.15, 0.2) is 0 Å². The van der Waals surface area contributed by atoms with Crippen LogP contribution in [0.15, 0.2) is 24.3 Å². The zero-order valence-electron chi connectivity index (χ0n) is 13.2. The molecule has 1 amide bonds. The number of rotatable bonds is 9. The molecule has 0 unspecified atom stereocenters. The number of hydrogen-bond donors (Lipinski definition) is 2. The Hall–Kier alpha value is -2.08. The number of amides is 1. The summed E-state index contributed by atoms with van der Waals surface area (Å²) in [4.78, 5) is 28.4. The van der Waals surface area contributed by atoms with Crippen molar-refractivity contribution in [2.45, 2.75) is 39.5 Å². The molecule has 0 aromatic heterocycles. The van der Waals surface area contributed by atoms with Gasteiger partial charge in [-0.15, -0.1) is 0 Å². The van der Waals surface area contributed by atoms with Crippen molar-refractivity contribution in [1.29, 1.82) is 0 Å². The fourth-order valence-electron chi connectivity index (χ4n) is 2.08. The van der Waals surface area contributed by atoms with Gasteiger partial charge in [0.1, 0.15) is 0 Å². The predicted octanol–water partition coefficient (Wildman–Crippen LogP) is 3.05. The van der Waals surface area contributed by atoms with Crippen molar-refractivity contribution in [2.75, 3.05) is 23.3 Å². The standard InChI is InChI=1S/C16H24N2O4/c1-3-5-9-15(19)17-13-7-6-8-14(12-13)18(4-2)11-10-16(20)22-21/h6-8,12,21H,3-5,9-11H2,1-2H3,(H,17,19). The molecular weight excluding hydrogens is 284 g/mol. The van der Waals surface area contributed by atoms with Gasteiger partial charge in [0.25, 0.3) is 0 Å². The van der Waals surface area contributed by atoms with E-state index in [9.17, 15) is 9.59 Å². The molecule has 6 nitrogen and oxygen atoms in total. The number of nitrogens with one attached hydrogen (secondary N) is 1. The Morgan fingerprint density at radius 1 is 1.27 bits per heavy atom. The molecule has 0 atom stereocenters. The van der Waals surface area contributed by atoms with Crippen molar-refractivity contribution < 1.29 is 19.7 Å². The lowest BCUT2D eigenvalue weighted by Crippen LogP contribution is -2.26. The van der Waals surface area contributed by atoms with Crippen molar-refractivity contribution >= 4 is 23.3 Å². The molecule has 0 spiro atoms. The van der Waals surface area contributed by atoms with E-state index in [1.54, 1.807) is 0 Å². The molecule has 1 rings (SSSR count). The summed E-state index contributed by atoms with van der Waals surface area (Å²) in [5.74, 6) is -0.659. The van der Waals surface area contributed by atoms with Crippen LogP contribution < -0.4 is 10.2 Å². The molecule has 22 heavy (non-hydrogen) atoms. The molecule has 0 fully saturated rings. The highest BCUT2D eigenvalue weighted by Crippen LogP contribution is 2.20. The summed E-state index contributed by atoms with van der Waals surface area (Å²) in [7, 11) is 0. The summed E-state index contributed by atoms with van der Waals surface area (Å²) in [5.41, 5.74) is 1.64. The van der Waals surface area contributed by atoms with Gasteiger partial charge in [-0.05, 0) is 31.5 Å². The van der Waals surface area contributed by atoms with Crippen LogP contribution >= 0.6 is 0 Å². The van der Waals surface area contributed by atoms with Gasteiger partial charge in [-0.3, -0.25) is 4.79 Å². The third-order valence-electron chi connectivity index (χ3n) is 3.32. The largest absolute Gasteiger partial charge is 0.371 e. The maximum Gasteiger partial charge on any atom is 0.343 e. The summed E-state index contributed by atoms with van der Waals surface area (Å²) in [6, 6.07) is 7.48. The molecule has 0 saturated carbocycles. The Bertz CT molecular complexity index is 491. The molecule has 0 aliphatic heterocycles. The number of anilines is 2. The van der Waals surface area contributed by atoms with Crippen LogP contribution in [-0.2, 0) is 14.5 Å². The number of nitrogens with zero attached hydrogens (tertiary/aromatic N) is 1. The lowest BCUT2D eigenvalue weighted by atomic mass is 10.2. The fraction of sp³-hybridized carbons (Fsp3) is 0.500. The van der Waals surface area contributed by atoms with Crippen LogP contribution in [0, 0.1) is 0 Å². The van der Waals surface area contributed by atoms with E-state index in [2.05, 4.69) is 10.2 Å². The maximum atomic E-state index is 11.8. The van der Waals surface area contributed by atoms with E-state index in [0.717, 1.165) is 24.2 Å². The van der Waals surface area contributed by atoms with Crippen LogP contribution in [-0.4, -0.2) is 30.2 Å². The molecule has 0 saturated heterocycles. The van der Waals surface area contributed by atoms with E-state index in [-0.39, 0.29) is 12.3 Å². The average molecular weight is 308 g/mol. The van der Waals surface area contributed by atoms with Crippen molar-refractivity contribution in [3.8, 4) is 0 Å². The van der Waals surface area contributed by atoms with Gasteiger partial charge in [-0.2, -0.15) is 5.26 Å². The van der Waals surface area contributed by atoms with Crippen LogP contribution in [0.25, 0.3) is 0 Å². The summed E-state index contributed by atoms with van der Waals surface area (Å²) in [6.07, 6.45) is 2.46. The first kappa shape index (κ1) is 18.0. The molecular formula is C16H24N2O4. The topological polar surface area (TPSA) is 78.9 Å². The van der Waals surface area contributed by atoms with Gasteiger partial charge in [0.2, 0.25) is 5.91 Å². The second-order valence-corrected chi connectivity index (χ2v) is 5.00. The van der Waals surface area contributed by atoms with Crippen molar-refractivity contribution in [3.63, 3.8) is 0 Å². The Kier molecular flexibility index (Phi) is 7.99. The lowest BCUT2D eigenvalue weighted by molar-refractivity contribution is -0.234. The zero-order valence-corrected chi connectivity index (χ0v) is 13.2. The molecule has 0 bridgehead atoms. The van der Waals surface area contributed by atoms with Gasteiger partial charge >= 0.3 is 5.97 Å². The second-order valence-electron chi connectivity index (χ2n) is 5.00. The second kappa shape index (κ2) is 9.78. The van der Waals surface area contributed by atoms with Gasteiger partial charge in [0.05, 0.1) is 6.42 Å². The number of hydrogen-bond acceptors (Lipinski definition) is 5. The Morgan fingerprint density at radius 3 is 2.68 bits per heavy atom. The van der Waals surface area contributed by atoms with E-state index in [1.807, 2.05) is 43.0 Å². The van der Waals surface area contributed by atoms with Gasteiger partial charge < -0.3 is 15.1 Å². The quantitative estimate of drug-likeness (QED) is 0.541. The van der Waals surface area contributed by atoms with Crippen LogP contribution in [0.3, 0.4) is 0 Å². The highest BCUT2D eigenvalue weighted by molar-refractivity contribution is 5.91. The minimum atomic E-state index is -0.664. The Morgan fingerprint density at radius 2 is 2.05 bits per heavy atom. The predicted molar refractivity (Wildman–Crippen MR) is 85.8 cm³/mol. The number of unbranched alkanes of at least 4 members (excludes halogenated alkanes) is 1. The highest BCUT2D eigenvalue weighted by atomic mass is 17.1. The number of carbonyl (C=O) groups excluding carboxylic acids is 2. The highest BCUT2D eigenvalue weighted by Gasteiger charge is 2.10. The molecule has 1 aromatic carbocycles. The van der Waals surface area contributed by atoms with Crippen LogP contribution in [0.2, 0.25) is 0 Å². The van der Waals surface area contributed by atoms with Crippen molar-refractivity contribution in [2.24, 2.45) is 0 Å². The lowest BCUT2D eigenvalue weighted by Gasteiger charge is -2.23.